The molecule has 0 amide bonds. The molecule has 0 aliphatic heterocycles. The summed E-state index contributed by atoms with van der Waals surface area (Å²) in [5.41, 5.74) is 0. The monoisotopic (exact) mass is 242 g/mol. The van der Waals surface area contributed by atoms with Gasteiger partial charge in [-0.05, 0) is 31.8 Å². The van der Waals surface area contributed by atoms with Crippen molar-refractivity contribution in [2.45, 2.75) is 24.5 Å². The SMILES string of the molecule is C[Si](C)(C)Oc1ccccc1SCCO. The van der Waals surface area contributed by atoms with Crippen LogP contribution < -0.4 is 4.43 Å². The first-order valence-electron chi connectivity index (χ1n) is 5.04. The summed E-state index contributed by atoms with van der Waals surface area (Å²) in [6.45, 7) is 6.70. The molecule has 0 aliphatic rings. The van der Waals surface area contributed by atoms with Crippen LogP contribution in [0.1, 0.15) is 0 Å². The van der Waals surface area contributed by atoms with E-state index in [0.717, 1.165) is 10.6 Å². The molecule has 1 aromatic rings. The average Bonchev–Trinajstić information content (AvgIpc) is 2.14. The predicted molar refractivity (Wildman–Crippen MR) is 68.2 cm³/mol. The lowest BCUT2D eigenvalue weighted by molar-refractivity contribution is 0.322. The Labute approximate surface area is 96.8 Å². The van der Waals surface area contributed by atoms with Crippen LogP contribution in [-0.2, 0) is 0 Å². The van der Waals surface area contributed by atoms with Gasteiger partial charge in [0.15, 0.2) is 0 Å². The average molecular weight is 242 g/mol. The summed E-state index contributed by atoms with van der Waals surface area (Å²) in [7, 11) is -1.54. The Morgan fingerprint density at radius 1 is 1.27 bits per heavy atom. The Balaban J connectivity index is 2.77. The van der Waals surface area contributed by atoms with Crippen molar-refractivity contribution in [3.05, 3.63) is 24.3 Å². The maximum atomic E-state index is 8.80. The van der Waals surface area contributed by atoms with E-state index in [1.165, 1.54) is 0 Å². The number of aliphatic hydroxyl groups excluding tert-OH is 1. The molecule has 0 saturated carbocycles. The van der Waals surface area contributed by atoms with Gasteiger partial charge in [-0.1, -0.05) is 12.1 Å². The first-order valence-corrected chi connectivity index (χ1v) is 9.44. The summed E-state index contributed by atoms with van der Waals surface area (Å²) in [5, 5.41) is 8.80. The van der Waals surface area contributed by atoms with Crippen LogP contribution in [0.25, 0.3) is 0 Å². The molecule has 0 heterocycles. The van der Waals surface area contributed by atoms with Gasteiger partial charge in [0.25, 0.3) is 0 Å². The fourth-order valence-corrected chi connectivity index (χ4v) is 2.79. The maximum Gasteiger partial charge on any atom is 0.242 e. The van der Waals surface area contributed by atoms with Gasteiger partial charge in [-0.2, -0.15) is 0 Å². The van der Waals surface area contributed by atoms with Crippen LogP contribution in [0.3, 0.4) is 0 Å². The molecule has 0 bridgehead atoms. The molecule has 0 fully saturated rings. The summed E-state index contributed by atoms with van der Waals surface area (Å²) < 4.78 is 5.97. The summed E-state index contributed by atoms with van der Waals surface area (Å²) >= 11 is 1.63. The van der Waals surface area contributed by atoms with Crippen molar-refractivity contribution in [1.29, 1.82) is 0 Å². The molecule has 0 unspecified atom stereocenters. The summed E-state index contributed by atoms with van der Waals surface area (Å²) in [4.78, 5) is 1.12. The fourth-order valence-electron chi connectivity index (χ4n) is 1.14. The molecular formula is C11H18O2SSi. The third-order valence-electron chi connectivity index (χ3n) is 1.61. The highest BCUT2D eigenvalue weighted by atomic mass is 32.2. The van der Waals surface area contributed by atoms with Crippen LogP contribution in [0, 0.1) is 0 Å². The molecule has 0 radical (unpaired) electrons. The molecule has 2 nitrogen and oxygen atoms in total. The minimum Gasteiger partial charge on any atom is -0.544 e. The first kappa shape index (κ1) is 12.6. The molecule has 0 saturated heterocycles. The van der Waals surface area contributed by atoms with E-state index in [1.54, 1.807) is 11.8 Å². The maximum absolute atomic E-state index is 8.80. The van der Waals surface area contributed by atoms with E-state index in [-0.39, 0.29) is 6.61 Å². The van der Waals surface area contributed by atoms with Crippen molar-refractivity contribution >= 4 is 20.1 Å². The van der Waals surface area contributed by atoms with Gasteiger partial charge in [0.1, 0.15) is 5.75 Å². The van der Waals surface area contributed by atoms with Gasteiger partial charge in [0, 0.05) is 10.6 Å². The normalized spacial score (nSPS) is 11.5. The predicted octanol–water partition coefficient (Wildman–Crippen LogP) is 2.98. The van der Waals surface area contributed by atoms with Gasteiger partial charge >= 0.3 is 0 Å². The highest BCUT2D eigenvalue weighted by molar-refractivity contribution is 7.99. The number of benzene rings is 1. The van der Waals surface area contributed by atoms with Crippen LogP contribution in [0.4, 0.5) is 0 Å². The van der Waals surface area contributed by atoms with Gasteiger partial charge in [-0.3, -0.25) is 0 Å². The number of thioether (sulfide) groups is 1. The number of rotatable bonds is 5. The smallest absolute Gasteiger partial charge is 0.242 e. The van der Waals surface area contributed by atoms with E-state index in [1.807, 2.05) is 24.3 Å². The molecule has 15 heavy (non-hydrogen) atoms. The molecule has 0 aliphatic carbocycles. The Kier molecular flexibility index (Phi) is 4.69. The van der Waals surface area contributed by atoms with Crippen molar-refractivity contribution in [3.8, 4) is 5.75 Å². The minimum atomic E-state index is -1.54. The number of hydrogen-bond donors (Lipinski definition) is 1. The zero-order valence-corrected chi connectivity index (χ0v) is 11.3. The lowest BCUT2D eigenvalue weighted by atomic mass is 10.3. The van der Waals surface area contributed by atoms with Crippen molar-refractivity contribution in [2.24, 2.45) is 0 Å². The van der Waals surface area contributed by atoms with Gasteiger partial charge in [-0.15, -0.1) is 11.8 Å². The molecule has 4 heteroatoms. The Morgan fingerprint density at radius 2 is 1.93 bits per heavy atom. The molecule has 1 N–H and O–H groups in total. The van der Waals surface area contributed by atoms with Gasteiger partial charge in [0.2, 0.25) is 8.32 Å². The molecule has 0 aromatic heterocycles. The first-order chi connectivity index (χ1) is 7.03. The van der Waals surface area contributed by atoms with Gasteiger partial charge in [-0.25, -0.2) is 0 Å². The number of para-hydroxylation sites is 1. The fraction of sp³-hybridized carbons (Fsp3) is 0.455. The second-order valence-corrected chi connectivity index (χ2v) is 9.80. The topological polar surface area (TPSA) is 29.5 Å². The second-order valence-electron chi connectivity index (χ2n) is 4.23. The lowest BCUT2D eigenvalue weighted by Gasteiger charge is -2.21. The molecule has 1 aromatic carbocycles. The third-order valence-corrected chi connectivity index (χ3v) is 3.48. The number of hydrogen-bond acceptors (Lipinski definition) is 3. The van der Waals surface area contributed by atoms with Crippen molar-refractivity contribution < 1.29 is 9.53 Å². The molecular weight excluding hydrogens is 224 g/mol. The zero-order chi connectivity index (χ0) is 11.3. The standard InChI is InChI=1S/C11H18O2SSi/c1-15(2,3)13-10-6-4-5-7-11(10)14-9-8-12/h4-7,12H,8-9H2,1-3H3. The highest BCUT2D eigenvalue weighted by Crippen LogP contribution is 2.30. The second kappa shape index (κ2) is 5.58. The van der Waals surface area contributed by atoms with Crippen molar-refractivity contribution in [2.75, 3.05) is 12.4 Å². The Hall–Kier alpha value is -0.453. The minimum absolute atomic E-state index is 0.200. The molecule has 84 valence electrons. The van der Waals surface area contributed by atoms with Crippen LogP contribution in [0.15, 0.2) is 29.2 Å². The highest BCUT2D eigenvalue weighted by Gasteiger charge is 2.17. The van der Waals surface area contributed by atoms with E-state index in [9.17, 15) is 0 Å². The molecule has 0 atom stereocenters. The van der Waals surface area contributed by atoms with E-state index < -0.39 is 8.32 Å². The Morgan fingerprint density at radius 3 is 2.53 bits per heavy atom. The molecule has 0 spiro atoms. The lowest BCUT2D eigenvalue weighted by Crippen LogP contribution is -2.29. The van der Waals surface area contributed by atoms with Crippen LogP contribution in [0.5, 0.6) is 5.75 Å². The largest absolute Gasteiger partial charge is 0.544 e. The third kappa shape index (κ3) is 4.73. The van der Waals surface area contributed by atoms with Gasteiger partial charge < -0.3 is 9.53 Å². The quantitative estimate of drug-likeness (QED) is 0.636. The summed E-state index contributed by atoms with van der Waals surface area (Å²) in [5.74, 6) is 1.67. The van der Waals surface area contributed by atoms with Crippen LogP contribution in [0.2, 0.25) is 19.6 Å². The van der Waals surface area contributed by atoms with Crippen LogP contribution in [-0.4, -0.2) is 25.8 Å². The molecule has 1 rings (SSSR count). The van der Waals surface area contributed by atoms with E-state index in [2.05, 4.69) is 19.6 Å². The zero-order valence-electron chi connectivity index (χ0n) is 9.49. The van der Waals surface area contributed by atoms with Crippen molar-refractivity contribution in [1.82, 2.24) is 0 Å². The Bertz CT molecular complexity index is 310. The van der Waals surface area contributed by atoms with Gasteiger partial charge in [0.05, 0.1) is 6.61 Å². The van der Waals surface area contributed by atoms with E-state index >= 15 is 0 Å². The summed E-state index contributed by atoms with van der Waals surface area (Å²) in [6.07, 6.45) is 0. The number of aliphatic hydroxyl groups is 1. The van der Waals surface area contributed by atoms with E-state index in [4.69, 9.17) is 9.53 Å². The van der Waals surface area contributed by atoms with Crippen LogP contribution >= 0.6 is 11.8 Å². The van der Waals surface area contributed by atoms with E-state index in [0.29, 0.717) is 5.75 Å². The van der Waals surface area contributed by atoms with Crippen molar-refractivity contribution in [3.63, 3.8) is 0 Å². The summed E-state index contributed by atoms with van der Waals surface area (Å²) in [6, 6.07) is 8.02.